The van der Waals surface area contributed by atoms with E-state index >= 15 is 0 Å². The first-order chi connectivity index (χ1) is 9.72. The molecule has 0 aliphatic carbocycles. The van der Waals surface area contributed by atoms with Crippen LogP contribution in [0.5, 0.6) is 0 Å². The first-order valence-corrected chi connectivity index (χ1v) is 8.23. The van der Waals surface area contributed by atoms with Gasteiger partial charge in [-0.2, -0.15) is 0 Å². The van der Waals surface area contributed by atoms with Crippen molar-refractivity contribution in [3.63, 3.8) is 0 Å². The van der Waals surface area contributed by atoms with E-state index in [-0.39, 0.29) is 6.10 Å². The third-order valence-electron chi connectivity index (χ3n) is 4.59. The lowest BCUT2D eigenvalue weighted by Gasteiger charge is -2.31. The molecular formula is C18H29NO. The van der Waals surface area contributed by atoms with Crippen LogP contribution in [0.2, 0.25) is 0 Å². The van der Waals surface area contributed by atoms with E-state index in [1.54, 1.807) is 0 Å². The van der Waals surface area contributed by atoms with Gasteiger partial charge >= 0.3 is 0 Å². The largest absolute Gasteiger partial charge is 0.388 e. The summed E-state index contributed by atoms with van der Waals surface area (Å²) in [5.41, 5.74) is 2.43. The second-order valence-electron chi connectivity index (χ2n) is 6.19. The zero-order valence-corrected chi connectivity index (χ0v) is 12.9. The van der Waals surface area contributed by atoms with Gasteiger partial charge in [0.25, 0.3) is 0 Å². The van der Waals surface area contributed by atoms with Gasteiger partial charge in [-0.1, -0.05) is 51.0 Å². The van der Waals surface area contributed by atoms with Crippen LogP contribution in [-0.2, 0) is 6.42 Å². The molecule has 2 N–H and O–H groups in total. The number of hydrogen-bond acceptors (Lipinski definition) is 2. The average Bonchev–Trinajstić information content (AvgIpc) is 2.48. The molecule has 2 heteroatoms. The topological polar surface area (TPSA) is 32.3 Å². The molecule has 2 rings (SSSR count). The van der Waals surface area contributed by atoms with Gasteiger partial charge in [0, 0.05) is 6.04 Å². The highest BCUT2D eigenvalue weighted by Crippen LogP contribution is 2.26. The molecule has 1 heterocycles. The monoisotopic (exact) mass is 275 g/mol. The van der Waals surface area contributed by atoms with Crippen molar-refractivity contribution >= 4 is 0 Å². The summed E-state index contributed by atoms with van der Waals surface area (Å²) in [6.07, 6.45) is 6.56. The fourth-order valence-corrected chi connectivity index (χ4v) is 3.25. The molecule has 0 aromatic heterocycles. The summed E-state index contributed by atoms with van der Waals surface area (Å²) < 4.78 is 0. The van der Waals surface area contributed by atoms with E-state index in [2.05, 4.69) is 43.4 Å². The molecule has 112 valence electrons. The van der Waals surface area contributed by atoms with Crippen LogP contribution in [0.1, 0.15) is 63.2 Å². The number of hydrogen-bond donors (Lipinski definition) is 2. The predicted octanol–water partition coefficient (Wildman–Crippen LogP) is 3.84. The first-order valence-electron chi connectivity index (χ1n) is 8.23. The Labute approximate surface area is 123 Å². The summed E-state index contributed by atoms with van der Waals surface area (Å²) in [7, 11) is 0. The molecule has 1 fully saturated rings. The minimum atomic E-state index is -0.334. The maximum absolute atomic E-state index is 10.4. The quantitative estimate of drug-likeness (QED) is 0.826. The van der Waals surface area contributed by atoms with Gasteiger partial charge in [-0.25, -0.2) is 0 Å². The van der Waals surface area contributed by atoms with E-state index in [1.807, 2.05) is 0 Å². The van der Waals surface area contributed by atoms with Crippen LogP contribution >= 0.6 is 0 Å². The average molecular weight is 275 g/mol. The number of piperidine rings is 1. The van der Waals surface area contributed by atoms with Crippen molar-refractivity contribution in [1.29, 1.82) is 0 Å². The molecule has 0 spiro atoms. The van der Waals surface area contributed by atoms with Crippen LogP contribution in [0.4, 0.5) is 0 Å². The molecule has 0 saturated carbocycles. The van der Waals surface area contributed by atoms with Crippen molar-refractivity contribution in [1.82, 2.24) is 5.32 Å². The Morgan fingerprint density at radius 3 is 2.65 bits per heavy atom. The van der Waals surface area contributed by atoms with E-state index in [4.69, 9.17) is 0 Å². The van der Waals surface area contributed by atoms with Gasteiger partial charge in [-0.3, -0.25) is 0 Å². The number of aliphatic hydroxyl groups excluding tert-OH is 1. The number of aryl methyl sites for hydroxylation is 1. The van der Waals surface area contributed by atoms with Crippen molar-refractivity contribution in [3.8, 4) is 0 Å². The van der Waals surface area contributed by atoms with Crippen molar-refractivity contribution in [2.45, 2.75) is 64.5 Å². The van der Waals surface area contributed by atoms with Crippen LogP contribution in [0.3, 0.4) is 0 Å². The Bertz CT molecular complexity index is 387. The van der Waals surface area contributed by atoms with Crippen molar-refractivity contribution in [3.05, 3.63) is 35.4 Å². The highest BCUT2D eigenvalue weighted by molar-refractivity contribution is 5.24. The molecule has 0 radical (unpaired) electrons. The summed E-state index contributed by atoms with van der Waals surface area (Å²) >= 11 is 0. The van der Waals surface area contributed by atoms with Gasteiger partial charge < -0.3 is 10.4 Å². The summed E-state index contributed by atoms with van der Waals surface area (Å²) in [4.78, 5) is 0. The molecule has 1 aromatic carbocycles. The second-order valence-corrected chi connectivity index (χ2v) is 6.19. The number of aliphatic hydroxyl groups is 1. The minimum Gasteiger partial charge on any atom is -0.388 e. The third kappa shape index (κ3) is 4.32. The highest BCUT2D eigenvalue weighted by atomic mass is 16.3. The Balaban J connectivity index is 1.88. The SMILES string of the molecule is CCCc1ccc(C(O)CC2CC(CC)CCN2)cc1. The molecule has 1 aromatic rings. The number of nitrogens with one attached hydrogen (secondary N) is 1. The van der Waals surface area contributed by atoms with E-state index in [9.17, 15) is 5.11 Å². The van der Waals surface area contributed by atoms with Gasteiger partial charge in [-0.05, 0) is 49.3 Å². The zero-order chi connectivity index (χ0) is 14.4. The normalized spacial score (nSPS) is 24.6. The fourth-order valence-electron chi connectivity index (χ4n) is 3.25. The van der Waals surface area contributed by atoms with Gasteiger partial charge in [0.1, 0.15) is 0 Å². The maximum atomic E-state index is 10.4. The number of rotatable bonds is 6. The molecule has 3 atom stereocenters. The van der Waals surface area contributed by atoms with E-state index in [0.29, 0.717) is 6.04 Å². The standard InChI is InChI=1S/C18H29NO/c1-3-5-15-6-8-16(9-7-15)18(20)13-17-12-14(4-2)10-11-19-17/h6-9,14,17-20H,3-5,10-13H2,1-2H3. The lowest BCUT2D eigenvalue weighted by atomic mass is 9.87. The Morgan fingerprint density at radius 1 is 1.25 bits per heavy atom. The molecule has 3 unspecified atom stereocenters. The van der Waals surface area contributed by atoms with Crippen molar-refractivity contribution in [2.24, 2.45) is 5.92 Å². The summed E-state index contributed by atoms with van der Waals surface area (Å²) in [5, 5.41) is 14.0. The fraction of sp³-hybridized carbons (Fsp3) is 0.667. The van der Waals surface area contributed by atoms with Crippen LogP contribution in [0, 0.1) is 5.92 Å². The molecule has 0 bridgehead atoms. The lowest BCUT2D eigenvalue weighted by Crippen LogP contribution is -2.38. The predicted molar refractivity (Wildman–Crippen MR) is 84.8 cm³/mol. The number of benzene rings is 1. The second kappa shape index (κ2) is 7.80. The van der Waals surface area contributed by atoms with Gasteiger partial charge in [0.15, 0.2) is 0 Å². The molecule has 1 aliphatic heterocycles. The molecule has 20 heavy (non-hydrogen) atoms. The maximum Gasteiger partial charge on any atom is 0.0804 e. The van der Waals surface area contributed by atoms with Crippen LogP contribution in [-0.4, -0.2) is 17.7 Å². The molecule has 0 amide bonds. The summed E-state index contributed by atoms with van der Waals surface area (Å²) in [6, 6.07) is 8.97. The van der Waals surface area contributed by atoms with E-state index in [1.165, 1.54) is 31.2 Å². The molecular weight excluding hydrogens is 246 g/mol. The van der Waals surface area contributed by atoms with E-state index < -0.39 is 0 Å². The first kappa shape index (κ1) is 15.5. The van der Waals surface area contributed by atoms with E-state index in [0.717, 1.165) is 30.9 Å². The zero-order valence-electron chi connectivity index (χ0n) is 12.9. The Hall–Kier alpha value is -0.860. The Kier molecular flexibility index (Phi) is 6.06. The van der Waals surface area contributed by atoms with Crippen LogP contribution in [0.25, 0.3) is 0 Å². The highest BCUT2D eigenvalue weighted by Gasteiger charge is 2.22. The van der Waals surface area contributed by atoms with Gasteiger partial charge in [0.05, 0.1) is 6.10 Å². The Morgan fingerprint density at radius 2 is 2.00 bits per heavy atom. The lowest BCUT2D eigenvalue weighted by molar-refractivity contribution is 0.136. The van der Waals surface area contributed by atoms with Gasteiger partial charge in [0.2, 0.25) is 0 Å². The third-order valence-corrected chi connectivity index (χ3v) is 4.59. The molecule has 1 aliphatic rings. The van der Waals surface area contributed by atoms with Crippen LogP contribution in [0.15, 0.2) is 24.3 Å². The smallest absolute Gasteiger partial charge is 0.0804 e. The minimum absolute atomic E-state index is 0.334. The molecule has 1 saturated heterocycles. The van der Waals surface area contributed by atoms with Crippen molar-refractivity contribution < 1.29 is 5.11 Å². The summed E-state index contributed by atoms with van der Waals surface area (Å²) in [5.74, 6) is 0.834. The summed E-state index contributed by atoms with van der Waals surface area (Å²) in [6.45, 7) is 5.57. The van der Waals surface area contributed by atoms with Gasteiger partial charge in [-0.15, -0.1) is 0 Å². The van der Waals surface area contributed by atoms with Crippen LogP contribution < -0.4 is 5.32 Å². The van der Waals surface area contributed by atoms with Crippen molar-refractivity contribution in [2.75, 3.05) is 6.54 Å². The molecule has 2 nitrogen and oxygen atoms in total.